The molecule has 0 amide bonds. The maximum absolute atomic E-state index is 9.12. The van der Waals surface area contributed by atoms with E-state index in [9.17, 15) is 0 Å². The van der Waals surface area contributed by atoms with Gasteiger partial charge in [-0.2, -0.15) is 5.26 Å². The molecule has 3 nitrogen and oxygen atoms in total. The van der Waals surface area contributed by atoms with E-state index in [0.717, 1.165) is 10.6 Å². The van der Waals surface area contributed by atoms with Gasteiger partial charge in [-0.15, -0.1) is 11.8 Å². The molecular weight excluding hydrogens is 220 g/mol. The highest BCUT2D eigenvalue weighted by molar-refractivity contribution is 7.98. The van der Waals surface area contributed by atoms with Gasteiger partial charge in [-0.1, -0.05) is 6.07 Å². The molecule has 0 heterocycles. The number of thioether (sulfide) groups is 1. The van der Waals surface area contributed by atoms with Crippen LogP contribution in [-0.4, -0.2) is 24.0 Å². The lowest BCUT2D eigenvalue weighted by molar-refractivity contribution is 0.282. The zero-order chi connectivity index (χ0) is 12.0. The van der Waals surface area contributed by atoms with E-state index in [4.69, 9.17) is 10.4 Å². The van der Waals surface area contributed by atoms with Crippen molar-refractivity contribution in [3.63, 3.8) is 0 Å². The van der Waals surface area contributed by atoms with Crippen LogP contribution in [-0.2, 0) is 0 Å². The van der Waals surface area contributed by atoms with Crippen molar-refractivity contribution in [3.8, 4) is 6.07 Å². The molecule has 1 rings (SSSR count). The van der Waals surface area contributed by atoms with Crippen LogP contribution < -0.4 is 5.32 Å². The third-order valence-corrected chi connectivity index (χ3v) is 3.10. The molecule has 0 bridgehead atoms. The Morgan fingerprint density at radius 3 is 2.88 bits per heavy atom. The molecule has 2 N–H and O–H groups in total. The van der Waals surface area contributed by atoms with E-state index in [1.807, 2.05) is 31.4 Å². The van der Waals surface area contributed by atoms with Crippen LogP contribution in [0.3, 0.4) is 0 Å². The predicted octanol–water partition coefficient (Wildman–Crippen LogP) is 2.46. The maximum Gasteiger partial charge on any atom is 0.102 e. The summed E-state index contributed by atoms with van der Waals surface area (Å²) in [5, 5.41) is 21.2. The van der Waals surface area contributed by atoms with Crippen molar-refractivity contribution in [2.24, 2.45) is 0 Å². The summed E-state index contributed by atoms with van der Waals surface area (Å²) in [7, 11) is 0. The lowest BCUT2D eigenvalue weighted by Gasteiger charge is -2.16. The molecule has 1 aromatic rings. The van der Waals surface area contributed by atoms with Gasteiger partial charge in [0.05, 0.1) is 11.3 Å². The summed E-state index contributed by atoms with van der Waals surface area (Å²) in [5.74, 6) is 0. The second kappa shape index (κ2) is 6.41. The number of aliphatic hydroxyl groups excluding tert-OH is 1. The Morgan fingerprint density at radius 2 is 2.31 bits per heavy atom. The fourth-order valence-electron chi connectivity index (χ4n) is 1.47. The minimum atomic E-state index is 0.151. The van der Waals surface area contributed by atoms with Crippen LogP contribution in [0.4, 0.5) is 5.69 Å². The van der Waals surface area contributed by atoms with Crippen molar-refractivity contribution >= 4 is 17.4 Å². The number of nitrogens with zero attached hydrogens (tertiary/aromatic N) is 1. The first-order chi connectivity index (χ1) is 7.72. The largest absolute Gasteiger partial charge is 0.396 e. The molecular formula is C12H16N2OS. The number of rotatable bonds is 5. The summed E-state index contributed by atoms with van der Waals surface area (Å²) in [6.45, 7) is 2.14. The molecule has 0 saturated heterocycles. The quantitative estimate of drug-likeness (QED) is 0.771. The minimum absolute atomic E-state index is 0.151. The second-order valence-electron chi connectivity index (χ2n) is 3.55. The van der Waals surface area contributed by atoms with Crippen molar-refractivity contribution in [2.45, 2.75) is 24.3 Å². The van der Waals surface area contributed by atoms with Gasteiger partial charge in [-0.25, -0.2) is 0 Å². The van der Waals surface area contributed by atoms with Crippen molar-refractivity contribution in [1.82, 2.24) is 0 Å². The molecule has 1 aromatic carbocycles. The number of nitrogens with one attached hydrogen (secondary N) is 1. The summed E-state index contributed by atoms with van der Waals surface area (Å²) in [5.41, 5.74) is 1.52. The fraction of sp³-hybridized carbons (Fsp3) is 0.417. The average molecular weight is 236 g/mol. The molecule has 16 heavy (non-hydrogen) atoms. The van der Waals surface area contributed by atoms with Crippen LogP contribution in [0.5, 0.6) is 0 Å². The van der Waals surface area contributed by atoms with Crippen LogP contribution in [0.1, 0.15) is 18.9 Å². The van der Waals surface area contributed by atoms with Crippen LogP contribution in [0, 0.1) is 11.3 Å². The van der Waals surface area contributed by atoms with Gasteiger partial charge >= 0.3 is 0 Å². The number of hydrogen-bond acceptors (Lipinski definition) is 4. The molecule has 0 fully saturated rings. The van der Waals surface area contributed by atoms with Gasteiger partial charge in [0.15, 0.2) is 0 Å². The molecule has 0 aromatic heterocycles. The zero-order valence-electron chi connectivity index (χ0n) is 9.53. The Balaban J connectivity index is 2.92. The zero-order valence-corrected chi connectivity index (χ0v) is 10.3. The molecule has 0 aliphatic carbocycles. The molecule has 1 unspecified atom stereocenters. The number of hydrogen-bond donors (Lipinski definition) is 2. The van der Waals surface area contributed by atoms with E-state index in [0.29, 0.717) is 12.0 Å². The summed E-state index contributed by atoms with van der Waals surface area (Å²) in [6, 6.07) is 8.14. The van der Waals surface area contributed by atoms with Crippen molar-refractivity contribution in [2.75, 3.05) is 18.2 Å². The average Bonchev–Trinajstić information content (AvgIpc) is 2.29. The van der Waals surface area contributed by atoms with E-state index < -0.39 is 0 Å². The van der Waals surface area contributed by atoms with E-state index in [2.05, 4.69) is 11.4 Å². The Bertz CT molecular complexity index is 387. The Labute approximate surface area is 100 Å². The number of anilines is 1. The number of aliphatic hydroxyl groups is 1. The normalized spacial score (nSPS) is 11.9. The summed E-state index contributed by atoms with van der Waals surface area (Å²) >= 11 is 1.56. The van der Waals surface area contributed by atoms with Crippen molar-refractivity contribution in [1.29, 1.82) is 5.26 Å². The smallest absolute Gasteiger partial charge is 0.102 e. The van der Waals surface area contributed by atoms with E-state index in [-0.39, 0.29) is 12.6 Å². The molecule has 0 radical (unpaired) electrons. The second-order valence-corrected chi connectivity index (χ2v) is 4.40. The highest BCUT2D eigenvalue weighted by Gasteiger charge is 2.09. The first kappa shape index (κ1) is 12.9. The topological polar surface area (TPSA) is 56.0 Å². The van der Waals surface area contributed by atoms with Crippen LogP contribution >= 0.6 is 11.8 Å². The molecule has 0 saturated carbocycles. The van der Waals surface area contributed by atoms with Gasteiger partial charge in [0.25, 0.3) is 0 Å². The van der Waals surface area contributed by atoms with Crippen LogP contribution in [0.25, 0.3) is 0 Å². The fourth-order valence-corrected chi connectivity index (χ4v) is 2.04. The standard InChI is InChI=1S/C12H16N2OS/c1-9(6-7-15)14-11-4-3-5-12(16-2)10(11)8-13/h3-5,9,14-15H,6-7H2,1-2H3. The third-order valence-electron chi connectivity index (χ3n) is 2.32. The lowest BCUT2D eigenvalue weighted by atomic mass is 10.1. The monoisotopic (exact) mass is 236 g/mol. The Morgan fingerprint density at radius 1 is 1.56 bits per heavy atom. The Hall–Kier alpha value is -1.18. The number of nitriles is 1. The number of benzene rings is 1. The Kier molecular flexibility index (Phi) is 5.17. The van der Waals surface area contributed by atoms with E-state index in [1.54, 1.807) is 11.8 Å². The molecule has 0 aliphatic heterocycles. The van der Waals surface area contributed by atoms with Crippen LogP contribution in [0.2, 0.25) is 0 Å². The van der Waals surface area contributed by atoms with E-state index in [1.165, 1.54) is 0 Å². The highest BCUT2D eigenvalue weighted by atomic mass is 32.2. The van der Waals surface area contributed by atoms with Crippen molar-refractivity contribution < 1.29 is 5.11 Å². The predicted molar refractivity (Wildman–Crippen MR) is 67.7 cm³/mol. The van der Waals surface area contributed by atoms with Gasteiger partial charge in [-0.3, -0.25) is 0 Å². The summed E-state index contributed by atoms with van der Waals surface area (Å²) in [4.78, 5) is 0.976. The first-order valence-electron chi connectivity index (χ1n) is 5.17. The lowest BCUT2D eigenvalue weighted by Crippen LogP contribution is -2.17. The maximum atomic E-state index is 9.12. The summed E-state index contributed by atoms with van der Waals surface area (Å²) in [6.07, 6.45) is 2.63. The first-order valence-corrected chi connectivity index (χ1v) is 6.40. The molecule has 0 spiro atoms. The molecule has 1 atom stereocenters. The minimum Gasteiger partial charge on any atom is -0.396 e. The third kappa shape index (κ3) is 3.16. The van der Waals surface area contributed by atoms with Crippen LogP contribution in [0.15, 0.2) is 23.1 Å². The highest BCUT2D eigenvalue weighted by Crippen LogP contribution is 2.26. The van der Waals surface area contributed by atoms with Gasteiger partial charge in [0.1, 0.15) is 6.07 Å². The van der Waals surface area contributed by atoms with Gasteiger partial charge in [-0.05, 0) is 31.7 Å². The van der Waals surface area contributed by atoms with Gasteiger partial charge in [0.2, 0.25) is 0 Å². The summed E-state index contributed by atoms with van der Waals surface area (Å²) < 4.78 is 0. The van der Waals surface area contributed by atoms with Gasteiger partial charge < -0.3 is 10.4 Å². The molecule has 0 aliphatic rings. The van der Waals surface area contributed by atoms with Gasteiger partial charge in [0, 0.05) is 17.5 Å². The molecule has 86 valence electrons. The van der Waals surface area contributed by atoms with Crippen molar-refractivity contribution in [3.05, 3.63) is 23.8 Å². The van der Waals surface area contributed by atoms with E-state index >= 15 is 0 Å². The SMILES string of the molecule is CSc1cccc(NC(C)CCO)c1C#N. The molecule has 4 heteroatoms.